The van der Waals surface area contributed by atoms with Crippen molar-refractivity contribution in [1.29, 1.82) is 0 Å². The SMILES string of the molecule is CC1CCC(N2CC(C(=O)NCC(C)CO)CC2=O)CC1. The summed E-state index contributed by atoms with van der Waals surface area (Å²) in [5.41, 5.74) is 0. The topological polar surface area (TPSA) is 69.6 Å². The number of rotatable bonds is 5. The molecule has 2 atom stereocenters. The van der Waals surface area contributed by atoms with Gasteiger partial charge < -0.3 is 15.3 Å². The molecule has 1 aliphatic heterocycles. The van der Waals surface area contributed by atoms with Crippen LogP contribution in [0.1, 0.15) is 46.0 Å². The molecule has 21 heavy (non-hydrogen) atoms. The molecule has 2 rings (SSSR count). The Morgan fingerprint density at radius 3 is 2.67 bits per heavy atom. The Balaban J connectivity index is 1.83. The predicted molar refractivity (Wildman–Crippen MR) is 80.5 cm³/mol. The average Bonchev–Trinajstić information content (AvgIpc) is 2.87. The number of aliphatic hydroxyl groups is 1. The van der Waals surface area contributed by atoms with Crippen LogP contribution < -0.4 is 5.32 Å². The Morgan fingerprint density at radius 1 is 1.38 bits per heavy atom. The van der Waals surface area contributed by atoms with Gasteiger partial charge in [0.15, 0.2) is 0 Å². The highest BCUT2D eigenvalue weighted by Gasteiger charge is 2.38. The monoisotopic (exact) mass is 296 g/mol. The Morgan fingerprint density at radius 2 is 2.05 bits per heavy atom. The lowest BCUT2D eigenvalue weighted by Crippen LogP contribution is -2.40. The standard InChI is InChI=1S/C16H28N2O3/c1-11-3-5-14(6-4-11)18-9-13(7-15(18)20)16(21)17-8-12(2)10-19/h11-14,19H,3-10H2,1-2H3,(H,17,21). The van der Waals surface area contributed by atoms with Crippen LogP contribution in [0.3, 0.4) is 0 Å². The van der Waals surface area contributed by atoms with Gasteiger partial charge in [-0.15, -0.1) is 0 Å². The molecule has 5 nitrogen and oxygen atoms in total. The number of aliphatic hydroxyl groups excluding tert-OH is 1. The maximum atomic E-state index is 12.2. The van der Waals surface area contributed by atoms with Gasteiger partial charge in [-0.25, -0.2) is 0 Å². The molecule has 5 heteroatoms. The first-order valence-electron chi connectivity index (χ1n) is 8.19. The number of nitrogens with one attached hydrogen (secondary N) is 1. The summed E-state index contributed by atoms with van der Waals surface area (Å²) in [6.07, 6.45) is 4.84. The molecule has 2 aliphatic rings. The summed E-state index contributed by atoms with van der Waals surface area (Å²) in [5, 5.41) is 11.8. The minimum Gasteiger partial charge on any atom is -0.396 e. The zero-order chi connectivity index (χ0) is 15.4. The first kappa shape index (κ1) is 16.3. The van der Waals surface area contributed by atoms with Gasteiger partial charge in [0.05, 0.1) is 5.92 Å². The van der Waals surface area contributed by atoms with Crippen LogP contribution in [0.2, 0.25) is 0 Å². The second-order valence-corrected chi connectivity index (χ2v) is 6.89. The lowest BCUT2D eigenvalue weighted by atomic mass is 9.87. The second kappa shape index (κ2) is 7.25. The first-order valence-corrected chi connectivity index (χ1v) is 8.19. The molecule has 2 fully saturated rings. The molecule has 0 aromatic rings. The minimum absolute atomic E-state index is 0.0460. The largest absolute Gasteiger partial charge is 0.396 e. The van der Waals surface area contributed by atoms with Crippen molar-refractivity contribution >= 4 is 11.8 Å². The third kappa shape index (κ3) is 4.19. The number of amides is 2. The molecular weight excluding hydrogens is 268 g/mol. The first-order chi connectivity index (χ1) is 10.0. The van der Waals surface area contributed by atoms with Crippen molar-refractivity contribution in [3.63, 3.8) is 0 Å². The normalized spacial score (nSPS) is 31.3. The van der Waals surface area contributed by atoms with E-state index < -0.39 is 0 Å². The molecule has 0 aromatic carbocycles. The minimum atomic E-state index is -0.220. The molecule has 2 amide bonds. The van der Waals surface area contributed by atoms with Crippen LogP contribution in [0.15, 0.2) is 0 Å². The third-order valence-electron chi connectivity index (χ3n) is 4.89. The summed E-state index contributed by atoms with van der Waals surface area (Å²) in [4.78, 5) is 26.2. The number of likely N-dealkylation sites (tertiary alicyclic amines) is 1. The highest BCUT2D eigenvalue weighted by molar-refractivity contribution is 5.89. The van der Waals surface area contributed by atoms with Gasteiger partial charge in [-0.3, -0.25) is 9.59 Å². The number of hydrogen-bond acceptors (Lipinski definition) is 3. The van der Waals surface area contributed by atoms with Crippen LogP contribution in [0.25, 0.3) is 0 Å². The Labute approximate surface area is 127 Å². The fourth-order valence-corrected chi connectivity index (χ4v) is 3.30. The smallest absolute Gasteiger partial charge is 0.225 e. The van der Waals surface area contributed by atoms with Crippen LogP contribution in [0, 0.1) is 17.8 Å². The van der Waals surface area contributed by atoms with Gasteiger partial charge in [-0.2, -0.15) is 0 Å². The molecule has 0 bridgehead atoms. The molecule has 1 saturated heterocycles. The van der Waals surface area contributed by atoms with Crippen molar-refractivity contribution in [1.82, 2.24) is 10.2 Å². The van der Waals surface area contributed by atoms with Crippen LogP contribution in [-0.4, -0.2) is 47.6 Å². The molecule has 0 aromatic heterocycles. The van der Waals surface area contributed by atoms with Gasteiger partial charge in [0.2, 0.25) is 11.8 Å². The van der Waals surface area contributed by atoms with E-state index in [4.69, 9.17) is 5.11 Å². The molecule has 0 spiro atoms. The second-order valence-electron chi connectivity index (χ2n) is 6.89. The molecule has 2 N–H and O–H groups in total. The fourth-order valence-electron chi connectivity index (χ4n) is 3.30. The fraction of sp³-hybridized carbons (Fsp3) is 0.875. The third-order valence-corrected chi connectivity index (χ3v) is 4.89. The van der Waals surface area contributed by atoms with E-state index in [-0.39, 0.29) is 30.3 Å². The lowest BCUT2D eigenvalue weighted by Gasteiger charge is -2.33. The lowest BCUT2D eigenvalue weighted by molar-refractivity contribution is -0.131. The van der Waals surface area contributed by atoms with Gasteiger partial charge in [-0.05, 0) is 37.5 Å². The number of carbonyl (C=O) groups excluding carboxylic acids is 2. The Kier molecular flexibility index (Phi) is 5.62. The van der Waals surface area contributed by atoms with E-state index in [1.807, 2.05) is 11.8 Å². The molecule has 1 heterocycles. The van der Waals surface area contributed by atoms with Gasteiger partial charge in [0, 0.05) is 32.2 Å². The van der Waals surface area contributed by atoms with Crippen molar-refractivity contribution in [2.75, 3.05) is 19.7 Å². The molecule has 1 aliphatic carbocycles. The van der Waals surface area contributed by atoms with Crippen molar-refractivity contribution < 1.29 is 14.7 Å². The average molecular weight is 296 g/mol. The van der Waals surface area contributed by atoms with Gasteiger partial charge in [0.25, 0.3) is 0 Å². The van der Waals surface area contributed by atoms with Crippen LogP contribution >= 0.6 is 0 Å². The van der Waals surface area contributed by atoms with Crippen molar-refractivity contribution in [2.45, 2.75) is 52.0 Å². The van der Waals surface area contributed by atoms with Gasteiger partial charge in [0.1, 0.15) is 0 Å². The summed E-state index contributed by atoms with van der Waals surface area (Å²) in [6, 6.07) is 0.336. The van der Waals surface area contributed by atoms with Crippen LogP contribution in [-0.2, 0) is 9.59 Å². The van der Waals surface area contributed by atoms with Crippen LogP contribution in [0.4, 0.5) is 0 Å². The van der Waals surface area contributed by atoms with Crippen molar-refractivity contribution in [3.05, 3.63) is 0 Å². The predicted octanol–water partition coefficient (Wildman–Crippen LogP) is 1.16. The van der Waals surface area contributed by atoms with Gasteiger partial charge in [-0.1, -0.05) is 13.8 Å². The van der Waals surface area contributed by atoms with Gasteiger partial charge >= 0.3 is 0 Å². The summed E-state index contributed by atoms with van der Waals surface area (Å²) < 4.78 is 0. The highest BCUT2D eigenvalue weighted by Crippen LogP contribution is 2.31. The van der Waals surface area contributed by atoms with E-state index in [9.17, 15) is 9.59 Å². The number of hydrogen-bond donors (Lipinski definition) is 2. The maximum Gasteiger partial charge on any atom is 0.225 e. The number of carbonyl (C=O) groups is 2. The zero-order valence-corrected chi connectivity index (χ0v) is 13.2. The maximum absolute atomic E-state index is 12.2. The van der Waals surface area contributed by atoms with E-state index in [0.29, 0.717) is 25.6 Å². The summed E-state index contributed by atoms with van der Waals surface area (Å²) >= 11 is 0. The van der Waals surface area contributed by atoms with E-state index in [1.54, 1.807) is 0 Å². The highest BCUT2D eigenvalue weighted by atomic mass is 16.3. The summed E-state index contributed by atoms with van der Waals surface area (Å²) in [5.74, 6) is 0.683. The van der Waals surface area contributed by atoms with E-state index in [2.05, 4.69) is 12.2 Å². The van der Waals surface area contributed by atoms with Crippen LogP contribution in [0.5, 0.6) is 0 Å². The van der Waals surface area contributed by atoms with E-state index >= 15 is 0 Å². The Hall–Kier alpha value is -1.10. The molecule has 2 unspecified atom stereocenters. The number of nitrogens with zero attached hydrogens (tertiary/aromatic N) is 1. The quantitative estimate of drug-likeness (QED) is 0.800. The zero-order valence-electron chi connectivity index (χ0n) is 13.2. The molecule has 0 radical (unpaired) electrons. The van der Waals surface area contributed by atoms with E-state index in [0.717, 1.165) is 18.8 Å². The van der Waals surface area contributed by atoms with Crippen molar-refractivity contribution in [2.24, 2.45) is 17.8 Å². The van der Waals surface area contributed by atoms with Crippen molar-refractivity contribution in [3.8, 4) is 0 Å². The molecule has 1 saturated carbocycles. The Bertz CT molecular complexity index is 378. The molecule has 120 valence electrons. The summed E-state index contributed by atoms with van der Waals surface area (Å²) in [7, 11) is 0. The van der Waals surface area contributed by atoms with E-state index in [1.165, 1.54) is 12.8 Å². The molecular formula is C16H28N2O3. The summed E-state index contributed by atoms with van der Waals surface area (Å²) in [6.45, 7) is 5.25.